The second-order valence-corrected chi connectivity index (χ2v) is 5.63. The van der Waals surface area contributed by atoms with E-state index in [4.69, 9.17) is 0 Å². The van der Waals surface area contributed by atoms with Gasteiger partial charge >= 0.3 is 6.18 Å². The second-order valence-electron chi connectivity index (χ2n) is 5.63. The van der Waals surface area contributed by atoms with Crippen LogP contribution in [0.5, 0.6) is 0 Å². The molecule has 0 saturated heterocycles. The zero-order chi connectivity index (χ0) is 16.6. The first-order valence-corrected chi connectivity index (χ1v) is 7.18. The topological polar surface area (TPSA) is 59.8 Å². The molecule has 2 aromatic rings. The quantitative estimate of drug-likeness (QED) is 0.941. The van der Waals surface area contributed by atoms with E-state index < -0.39 is 23.3 Å². The molecule has 1 saturated carbocycles. The van der Waals surface area contributed by atoms with E-state index in [2.05, 4.69) is 15.4 Å². The summed E-state index contributed by atoms with van der Waals surface area (Å²) < 4.78 is 40.0. The number of rotatable bonds is 4. The molecule has 122 valence electrons. The van der Waals surface area contributed by atoms with Crippen LogP contribution in [-0.4, -0.2) is 20.7 Å². The first-order chi connectivity index (χ1) is 10.9. The van der Waals surface area contributed by atoms with E-state index in [0.29, 0.717) is 0 Å². The summed E-state index contributed by atoms with van der Waals surface area (Å²) in [6.45, 7) is 0. The van der Waals surface area contributed by atoms with Crippen LogP contribution in [0, 0.1) is 5.92 Å². The fraction of sp³-hybridized carbons (Fsp3) is 0.400. The Balaban J connectivity index is 1.86. The van der Waals surface area contributed by atoms with Crippen LogP contribution < -0.4 is 5.32 Å². The third-order valence-corrected chi connectivity index (χ3v) is 3.79. The van der Waals surface area contributed by atoms with Crippen molar-refractivity contribution in [3.8, 4) is 0 Å². The minimum Gasteiger partial charge on any atom is -0.345 e. The highest BCUT2D eigenvalue weighted by Gasteiger charge is 2.40. The van der Waals surface area contributed by atoms with Gasteiger partial charge in [-0.15, -0.1) is 0 Å². The van der Waals surface area contributed by atoms with E-state index in [-0.39, 0.29) is 12.0 Å². The van der Waals surface area contributed by atoms with Crippen LogP contribution in [0.2, 0.25) is 0 Å². The molecule has 1 aliphatic carbocycles. The molecule has 1 fully saturated rings. The van der Waals surface area contributed by atoms with Crippen LogP contribution in [0.1, 0.15) is 40.5 Å². The summed E-state index contributed by atoms with van der Waals surface area (Å²) in [7, 11) is 1.35. The molecule has 0 aliphatic heterocycles. The fourth-order valence-corrected chi connectivity index (χ4v) is 2.56. The number of carbonyl (C=O) groups excluding carboxylic acids is 1. The van der Waals surface area contributed by atoms with Crippen LogP contribution in [0.25, 0.3) is 0 Å². The molecular weight excluding hydrogens is 309 g/mol. The van der Waals surface area contributed by atoms with Gasteiger partial charge in [0.15, 0.2) is 5.69 Å². The number of pyridine rings is 1. The minimum absolute atomic E-state index is 0.243. The maximum Gasteiger partial charge on any atom is 0.435 e. The largest absolute Gasteiger partial charge is 0.435 e. The number of nitrogens with one attached hydrogen (secondary N) is 1. The molecule has 0 aromatic carbocycles. The van der Waals surface area contributed by atoms with Crippen LogP contribution in [-0.2, 0) is 13.2 Å². The van der Waals surface area contributed by atoms with Crippen molar-refractivity contribution in [1.29, 1.82) is 0 Å². The van der Waals surface area contributed by atoms with Crippen LogP contribution in [0.3, 0.4) is 0 Å². The SMILES string of the molecule is Cn1cc(C(=O)NC(c2ccncc2)C2CC2)c(C(F)(F)F)n1. The van der Waals surface area contributed by atoms with Crippen LogP contribution in [0.15, 0.2) is 30.7 Å². The van der Waals surface area contributed by atoms with Gasteiger partial charge in [-0.05, 0) is 36.5 Å². The van der Waals surface area contributed by atoms with Crippen LogP contribution in [0.4, 0.5) is 13.2 Å². The summed E-state index contributed by atoms with van der Waals surface area (Å²) in [5, 5.41) is 6.08. The number of carbonyl (C=O) groups is 1. The molecule has 0 bridgehead atoms. The highest BCUT2D eigenvalue weighted by atomic mass is 19.4. The van der Waals surface area contributed by atoms with Crippen molar-refractivity contribution in [1.82, 2.24) is 20.1 Å². The molecule has 3 rings (SSSR count). The molecule has 0 radical (unpaired) electrons. The zero-order valence-electron chi connectivity index (χ0n) is 12.3. The maximum absolute atomic E-state index is 13.0. The van der Waals surface area contributed by atoms with Crippen LogP contribution >= 0.6 is 0 Å². The van der Waals surface area contributed by atoms with E-state index in [1.807, 2.05) is 0 Å². The zero-order valence-corrected chi connectivity index (χ0v) is 12.3. The molecular formula is C15H15F3N4O. The van der Waals surface area contributed by atoms with Crippen molar-refractivity contribution >= 4 is 5.91 Å². The molecule has 0 spiro atoms. The maximum atomic E-state index is 13.0. The summed E-state index contributed by atoms with van der Waals surface area (Å²) in [5.74, 6) is -0.522. The number of halogens is 3. The number of aromatic nitrogens is 3. The Bertz CT molecular complexity index is 707. The summed E-state index contributed by atoms with van der Waals surface area (Å²) in [6.07, 6.45) is 1.50. The van der Waals surface area contributed by atoms with Gasteiger partial charge in [-0.1, -0.05) is 0 Å². The number of alkyl halides is 3. The number of hydrogen-bond acceptors (Lipinski definition) is 3. The molecule has 1 atom stereocenters. The Morgan fingerprint density at radius 1 is 1.35 bits per heavy atom. The van der Waals surface area contributed by atoms with E-state index >= 15 is 0 Å². The molecule has 1 amide bonds. The lowest BCUT2D eigenvalue weighted by molar-refractivity contribution is -0.141. The predicted molar refractivity (Wildman–Crippen MR) is 75.4 cm³/mol. The van der Waals surface area contributed by atoms with Crippen molar-refractivity contribution in [2.45, 2.75) is 25.1 Å². The van der Waals surface area contributed by atoms with Crippen molar-refractivity contribution < 1.29 is 18.0 Å². The molecule has 1 unspecified atom stereocenters. The van der Waals surface area contributed by atoms with Gasteiger partial charge in [0.25, 0.3) is 5.91 Å². The van der Waals surface area contributed by atoms with Crippen molar-refractivity contribution in [3.63, 3.8) is 0 Å². The first-order valence-electron chi connectivity index (χ1n) is 7.18. The standard InChI is InChI=1S/C15H15F3N4O/c1-22-8-11(13(21-22)15(16,17)18)14(23)20-12(9-2-3-9)10-4-6-19-7-5-10/h4-9,12H,2-3H2,1H3,(H,20,23). The highest BCUT2D eigenvalue weighted by Crippen LogP contribution is 2.41. The van der Waals surface area contributed by atoms with Gasteiger partial charge < -0.3 is 5.32 Å². The van der Waals surface area contributed by atoms with Crippen molar-refractivity contribution in [3.05, 3.63) is 47.5 Å². The summed E-state index contributed by atoms with van der Waals surface area (Å²) in [6, 6.07) is 3.21. The number of amides is 1. The minimum atomic E-state index is -4.67. The van der Waals surface area contributed by atoms with Gasteiger partial charge in [-0.25, -0.2) is 0 Å². The predicted octanol–water partition coefficient (Wildman–Crippen LogP) is 2.72. The molecule has 2 heterocycles. The lowest BCUT2D eigenvalue weighted by atomic mass is 10.0. The first kappa shape index (κ1) is 15.5. The van der Waals surface area contributed by atoms with Gasteiger partial charge in [-0.2, -0.15) is 18.3 Å². The molecule has 1 aliphatic rings. The summed E-state index contributed by atoms with van der Waals surface area (Å²) >= 11 is 0. The van der Waals surface area contributed by atoms with Crippen molar-refractivity contribution in [2.75, 3.05) is 0 Å². The smallest absolute Gasteiger partial charge is 0.345 e. The Morgan fingerprint density at radius 2 is 2.00 bits per heavy atom. The molecule has 1 N–H and O–H groups in total. The number of hydrogen-bond donors (Lipinski definition) is 1. The number of nitrogens with zero attached hydrogens (tertiary/aromatic N) is 3. The van der Waals surface area contributed by atoms with Gasteiger partial charge in [0.05, 0.1) is 11.6 Å². The molecule has 8 heteroatoms. The Kier molecular flexibility index (Phi) is 3.83. The Hall–Kier alpha value is -2.38. The van der Waals surface area contributed by atoms with Gasteiger partial charge in [0.1, 0.15) is 0 Å². The Labute approximate surface area is 130 Å². The normalized spacial score (nSPS) is 16.2. The lowest BCUT2D eigenvalue weighted by Crippen LogP contribution is -2.31. The molecule has 2 aromatic heterocycles. The molecule has 5 nitrogen and oxygen atoms in total. The van der Waals surface area contributed by atoms with Gasteiger partial charge in [0, 0.05) is 25.6 Å². The van der Waals surface area contributed by atoms with Crippen molar-refractivity contribution in [2.24, 2.45) is 13.0 Å². The van der Waals surface area contributed by atoms with Gasteiger partial charge in [-0.3, -0.25) is 14.5 Å². The summed E-state index contributed by atoms with van der Waals surface area (Å²) in [5.41, 5.74) is -0.783. The van der Waals surface area contributed by atoms with Gasteiger partial charge in [0.2, 0.25) is 0 Å². The van der Waals surface area contributed by atoms with E-state index in [1.165, 1.54) is 7.05 Å². The fourth-order valence-electron chi connectivity index (χ4n) is 2.56. The molecule has 23 heavy (non-hydrogen) atoms. The van der Waals surface area contributed by atoms with E-state index in [1.54, 1.807) is 24.5 Å². The average Bonchev–Trinajstić information content (AvgIpc) is 3.25. The third-order valence-electron chi connectivity index (χ3n) is 3.79. The third kappa shape index (κ3) is 3.35. The highest BCUT2D eigenvalue weighted by molar-refractivity contribution is 5.95. The number of aryl methyl sites for hydroxylation is 1. The Morgan fingerprint density at radius 3 is 2.57 bits per heavy atom. The summed E-state index contributed by atoms with van der Waals surface area (Å²) in [4.78, 5) is 16.3. The van der Waals surface area contributed by atoms with E-state index in [0.717, 1.165) is 29.3 Å². The lowest BCUT2D eigenvalue weighted by Gasteiger charge is -2.18. The average molecular weight is 324 g/mol. The monoisotopic (exact) mass is 324 g/mol. The second kappa shape index (κ2) is 5.68. The van der Waals surface area contributed by atoms with E-state index in [9.17, 15) is 18.0 Å².